The third-order valence-corrected chi connectivity index (χ3v) is 6.71. The summed E-state index contributed by atoms with van der Waals surface area (Å²) in [6.45, 7) is 0.218. The fourth-order valence-corrected chi connectivity index (χ4v) is 4.58. The number of rotatable bonds is 7. The highest BCUT2D eigenvalue weighted by atomic mass is 19.1. The Morgan fingerprint density at radius 3 is 2.20 bits per heavy atom. The highest BCUT2D eigenvalue weighted by Crippen LogP contribution is 2.46. The second-order valence-electron chi connectivity index (χ2n) is 8.91. The van der Waals surface area contributed by atoms with E-state index in [0.717, 1.165) is 34.4 Å². The first-order valence-corrected chi connectivity index (χ1v) is 11.3. The summed E-state index contributed by atoms with van der Waals surface area (Å²) in [4.78, 5) is 36.7. The average molecular weight is 474 g/mol. The molecule has 0 aliphatic heterocycles. The Balaban J connectivity index is 1.19. The second-order valence-corrected chi connectivity index (χ2v) is 8.91. The lowest BCUT2D eigenvalue weighted by Gasteiger charge is -2.18. The van der Waals surface area contributed by atoms with Crippen molar-refractivity contribution in [1.29, 1.82) is 0 Å². The molecule has 2 amide bonds. The van der Waals surface area contributed by atoms with Crippen LogP contribution in [0, 0.1) is 11.2 Å². The molecule has 2 aliphatic rings. The molecule has 2 aliphatic carbocycles. The molecule has 0 saturated heterocycles. The average Bonchev–Trinajstić information content (AvgIpc) is 3.59. The molecule has 0 aromatic heterocycles. The number of anilines is 1. The number of amides is 2. The number of hydrogen-bond donors (Lipinski definition) is 3. The summed E-state index contributed by atoms with van der Waals surface area (Å²) in [6.07, 6.45) is 0.442. The maximum atomic E-state index is 13.4. The summed E-state index contributed by atoms with van der Waals surface area (Å²) in [5.74, 6) is -2.55. The van der Waals surface area contributed by atoms with Gasteiger partial charge in [0.15, 0.2) is 0 Å². The largest absolute Gasteiger partial charge is 0.478 e. The number of halogens is 1. The molecule has 0 unspecified atom stereocenters. The van der Waals surface area contributed by atoms with Crippen LogP contribution in [0.15, 0.2) is 66.7 Å². The molecule has 7 nitrogen and oxygen atoms in total. The van der Waals surface area contributed by atoms with Crippen molar-refractivity contribution in [3.63, 3.8) is 0 Å². The van der Waals surface area contributed by atoms with Gasteiger partial charge in [-0.2, -0.15) is 0 Å². The van der Waals surface area contributed by atoms with Crippen LogP contribution in [0.4, 0.5) is 14.9 Å². The zero-order chi connectivity index (χ0) is 24.6. The van der Waals surface area contributed by atoms with Crippen molar-refractivity contribution in [2.45, 2.75) is 18.8 Å². The van der Waals surface area contributed by atoms with Gasteiger partial charge in [-0.15, -0.1) is 0 Å². The van der Waals surface area contributed by atoms with E-state index < -0.39 is 29.2 Å². The quantitative estimate of drug-likeness (QED) is 0.457. The summed E-state index contributed by atoms with van der Waals surface area (Å²) >= 11 is 0. The normalized spacial score (nSPS) is 15.0. The molecule has 0 heterocycles. The van der Waals surface area contributed by atoms with Crippen molar-refractivity contribution in [2.24, 2.45) is 5.41 Å². The first-order valence-electron chi connectivity index (χ1n) is 11.3. The molecule has 5 rings (SSSR count). The number of ether oxygens (including phenoxy) is 1. The van der Waals surface area contributed by atoms with Crippen LogP contribution in [0.2, 0.25) is 0 Å². The molecule has 0 spiro atoms. The van der Waals surface area contributed by atoms with Crippen LogP contribution >= 0.6 is 0 Å². The summed E-state index contributed by atoms with van der Waals surface area (Å²) in [5.41, 5.74) is 3.30. The van der Waals surface area contributed by atoms with Crippen LogP contribution in [0.25, 0.3) is 11.1 Å². The minimum atomic E-state index is -1.35. The van der Waals surface area contributed by atoms with Crippen molar-refractivity contribution in [2.75, 3.05) is 18.5 Å². The van der Waals surface area contributed by atoms with E-state index >= 15 is 0 Å². The molecular weight excluding hydrogens is 451 g/mol. The zero-order valence-corrected chi connectivity index (χ0v) is 18.7. The SMILES string of the molecule is O=C(NCC1(C(=O)Nc2ccc(F)cc2C(=O)O)CC1)OCC1c2ccccc2-c2ccccc21. The lowest BCUT2D eigenvalue weighted by Crippen LogP contribution is -2.38. The Morgan fingerprint density at radius 2 is 1.60 bits per heavy atom. The van der Waals surface area contributed by atoms with Crippen molar-refractivity contribution in [1.82, 2.24) is 5.32 Å². The number of aromatic carboxylic acids is 1. The molecular formula is C27H23FN2O5. The Kier molecular flexibility index (Phi) is 5.72. The van der Waals surface area contributed by atoms with Crippen molar-refractivity contribution < 1.29 is 28.6 Å². The third-order valence-electron chi connectivity index (χ3n) is 6.71. The van der Waals surface area contributed by atoms with Gasteiger partial charge in [0, 0.05) is 12.5 Å². The Labute approximate surface area is 200 Å². The molecule has 0 bridgehead atoms. The van der Waals surface area contributed by atoms with E-state index in [1.807, 2.05) is 36.4 Å². The maximum Gasteiger partial charge on any atom is 0.407 e. The number of carbonyl (C=O) groups is 3. The van der Waals surface area contributed by atoms with Crippen molar-refractivity contribution in [3.05, 3.63) is 89.2 Å². The van der Waals surface area contributed by atoms with Crippen molar-refractivity contribution >= 4 is 23.7 Å². The topological polar surface area (TPSA) is 105 Å². The fourth-order valence-electron chi connectivity index (χ4n) is 4.58. The Morgan fingerprint density at radius 1 is 0.971 bits per heavy atom. The minimum Gasteiger partial charge on any atom is -0.478 e. The van der Waals surface area contributed by atoms with Crippen LogP contribution < -0.4 is 10.6 Å². The molecule has 3 aromatic rings. The van der Waals surface area contributed by atoms with Crippen LogP contribution in [0.1, 0.15) is 40.2 Å². The van der Waals surface area contributed by atoms with Crippen LogP contribution in [-0.2, 0) is 9.53 Å². The molecule has 1 fully saturated rings. The molecule has 35 heavy (non-hydrogen) atoms. The Hall–Kier alpha value is -4.20. The van der Waals surface area contributed by atoms with E-state index in [1.165, 1.54) is 6.07 Å². The monoisotopic (exact) mass is 474 g/mol. The molecule has 0 radical (unpaired) electrons. The van der Waals surface area contributed by atoms with E-state index in [1.54, 1.807) is 0 Å². The van der Waals surface area contributed by atoms with Gasteiger partial charge in [-0.1, -0.05) is 48.5 Å². The van der Waals surface area contributed by atoms with Crippen molar-refractivity contribution in [3.8, 4) is 11.1 Å². The van der Waals surface area contributed by atoms with Gasteiger partial charge in [-0.3, -0.25) is 4.79 Å². The van der Waals surface area contributed by atoms with Gasteiger partial charge in [0.25, 0.3) is 0 Å². The van der Waals surface area contributed by atoms with Gasteiger partial charge in [-0.05, 0) is 53.3 Å². The number of fused-ring (bicyclic) bond motifs is 3. The van der Waals surface area contributed by atoms with E-state index in [4.69, 9.17) is 4.74 Å². The lowest BCUT2D eigenvalue weighted by molar-refractivity contribution is -0.120. The standard InChI is InChI=1S/C27H23FN2O5/c28-16-9-10-23(21(13-16)24(31)32)30-25(33)27(11-12-27)15-29-26(34)35-14-22-19-7-3-1-5-17(19)18-6-2-4-8-20(18)22/h1-10,13,22H,11-12,14-15H2,(H,29,34)(H,30,33)(H,31,32). The summed E-state index contributed by atoms with van der Waals surface area (Å²) in [6, 6.07) is 19.2. The van der Waals surface area contributed by atoms with E-state index in [0.29, 0.717) is 12.8 Å². The highest BCUT2D eigenvalue weighted by Gasteiger charge is 2.50. The molecule has 178 valence electrons. The van der Waals surface area contributed by atoms with Gasteiger partial charge in [0.2, 0.25) is 5.91 Å². The van der Waals surface area contributed by atoms with E-state index in [-0.39, 0.29) is 30.3 Å². The highest BCUT2D eigenvalue weighted by molar-refractivity contribution is 6.03. The van der Waals surface area contributed by atoms with Crippen LogP contribution in [0.5, 0.6) is 0 Å². The zero-order valence-electron chi connectivity index (χ0n) is 18.7. The summed E-state index contributed by atoms with van der Waals surface area (Å²) in [7, 11) is 0. The second kappa shape index (κ2) is 8.87. The number of carbonyl (C=O) groups excluding carboxylic acids is 2. The van der Waals surface area contributed by atoms with Crippen LogP contribution in [0.3, 0.4) is 0 Å². The predicted octanol–water partition coefficient (Wildman–Crippen LogP) is 4.78. The third kappa shape index (κ3) is 4.35. The first-order chi connectivity index (χ1) is 16.9. The molecule has 3 N–H and O–H groups in total. The predicted molar refractivity (Wildman–Crippen MR) is 127 cm³/mol. The number of alkyl carbamates (subject to hydrolysis) is 1. The smallest absolute Gasteiger partial charge is 0.407 e. The molecule has 0 atom stereocenters. The lowest BCUT2D eigenvalue weighted by atomic mass is 9.98. The number of nitrogens with one attached hydrogen (secondary N) is 2. The van der Waals surface area contributed by atoms with Gasteiger partial charge in [0.05, 0.1) is 16.7 Å². The summed E-state index contributed by atoms with van der Waals surface area (Å²) in [5, 5.41) is 14.5. The molecule has 1 saturated carbocycles. The van der Waals surface area contributed by atoms with Crippen LogP contribution in [-0.4, -0.2) is 36.2 Å². The van der Waals surface area contributed by atoms with E-state index in [9.17, 15) is 23.9 Å². The number of benzene rings is 3. The van der Waals surface area contributed by atoms with E-state index in [2.05, 4.69) is 22.8 Å². The van der Waals surface area contributed by atoms with Gasteiger partial charge in [-0.25, -0.2) is 14.0 Å². The molecule has 3 aromatic carbocycles. The fraction of sp³-hybridized carbons (Fsp3) is 0.222. The van der Waals surface area contributed by atoms with Gasteiger partial charge in [0.1, 0.15) is 12.4 Å². The molecule has 8 heteroatoms. The maximum absolute atomic E-state index is 13.4. The summed E-state index contributed by atoms with van der Waals surface area (Å²) < 4.78 is 18.9. The van der Waals surface area contributed by atoms with Gasteiger partial charge < -0.3 is 20.5 Å². The number of hydrogen-bond acceptors (Lipinski definition) is 4. The number of carboxylic acids is 1. The first kappa shape index (κ1) is 22.6. The Bertz CT molecular complexity index is 1290. The minimum absolute atomic E-state index is 0.0105. The van der Waals surface area contributed by atoms with Gasteiger partial charge >= 0.3 is 12.1 Å². The number of carboxylic acid groups (broad SMARTS) is 1.